The van der Waals surface area contributed by atoms with Gasteiger partial charge in [0, 0.05) is 25.8 Å². The van der Waals surface area contributed by atoms with Crippen LogP contribution in [0.25, 0.3) is 10.8 Å². The summed E-state index contributed by atoms with van der Waals surface area (Å²) in [5.74, 6) is 0. The summed E-state index contributed by atoms with van der Waals surface area (Å²) in [4.78, 5) is 0. The van der Waals surface area contributed by atoms with Gasteiger partial charge in [-0.2, -0.15) is 33.9 Å². The van der Waals surface area contributed by atoms with E-state index in [9.17, 15) is 0 Å². The van der Waals surface area contributed by atoms with Gasteiger partial charge in [0.05, 0.1) is 0 Å². The van der Waals surface area contributed by atoms with Gasteiger partial charge in [-0.15, -0.1) is 34.5 Å². The van der Waals surface area contributed by atoms with Crippen molar-refractivity contribution in [1.29, 1.82) is 0 Å². The second-order valence-corrected chi connectivity index (χ2v) is 9.46. The first-order valence-electron chi connectivity index (χ1n) is 10.5. The van der Waals surface area contributed by atoms with E-state index in [0.29, 0.717) is 5.41 Å². The van der Waals surface area contributed by atoms with Crippen LogP contribution < -0.4 is 0 Å². The van der Waals surface area contributed by atoms with Gasteiger partial charge in [-0.05, 0) is 18.3 Å². The molecule has 4 rings (SSSR count). The van der Waals surface area contributed by atoms with Gasteiger partial charge in [-0.3, -0.25) is 0 Å². The Hall–Kier alpha value is -0.950. The van der Waals surface area contributed by atoms with Crippen LogP contribution in [0, 0.1) is 40.0 Å². The van der Waals surface area contributed by atoms with Gasteiger partial charge < -0.3 is 0 Å². The minimum absolute atomic E-state index is 0. The van der Waals surface area contributed by atoms with Crippen LogP contribution >= 0.6 is 0 Å². The molecule has 0 saturated carbocycles. The Morgan fingerprint density at radius 1 is 0.929 bits per heavy atom. The third-order valence-corrected chi connectivity index (χ3v) is 6.85. The van der Waals surface area contributed by atoms with Crippen LogP contribution in [0.1, 0.15) is 71.7 Å². The molecule has 0 fully saturated rings. The van der Waals surface area contributed by atoms with Crippen molar-refractivity contribution in [3.05, 3.63) is 68.8 Å². The smallest absolute Gasteiger partial charge is 0 e. The van der Waals surface area contributed by atoms with Crippen molar-refractivity contribution in [2.75, 3.05) is 0 Å². The molecule has 1 aliphatic rings. The van der Waals surface area contributed by atoms with Gasteiger partial charge in [0.1, 0.15) is 0 Å². The summed E-state index contributed by atoms with van der Waals surface area (Å²) in [5, 5.41) is 2.95. The van der Waals surface area contributed by atoms with Gasteiger partial charge >= 0.3 is 0 Å². The maximum atomic E-state index is 2.46. The number of benzene rings is 1. The van der Waals surface area contributed by atoms with Crippen LogP contribution in [0.5, 0.6) is 0 Å². The second kappa shape index (κ2) is 8.82. The molecule has 0 N–H and O–H groups in total. The Kier molecular flexibility index (Phi) is 7.35. The van der Waals surface area contributed by atoms with E-state index >= 15 is 0 Å². The van der Waals surface area contributed by atoms with Crippen LogP contribution in [-0.4, -0.2) is 0 Å². The summed E-state index contributed by atoms with van der Waals surface area (Å²) in [5.41, 5.74) is 12.5. The fourth-order valence-corrected chi connectivity index (χ4v) is 4.72. The number of hydrogen-bond acceptors (Lipinski definition) is 0. The van der Waals surface area contributed by atoms with E-state index in [4.69, 9.17) is 0 Å². The average Bonchev–Trinajstić information content (AvgIpc) is 3.19. The van der Waals surface area contributed by atoms with Crippen molar-refractivity contribution in [3.8, 4) is 0 Å². The zero-order valence-corrected chi connectivity index (χ0v) is 22.7. The van der Waals surface area contributed by atoms with Crippen molar-refractivity contribution in [2.45, 2.75) is 81.1 Å². The van der Waals surface area contributed by atoms with E-state index in [1.54, 1.807) is 11.1 Å². The molecule has 150 valence electrons. The summed E-state index contributed by atoms with van der Waals surface area (Å²) in [7, 11) is 0. The SMILES string of the molecule is CCC[c-]1ccc2cc3c(cc21)CC(C)(C)C3.Cc1c(C)c(C)[c-](C)c1C.[Hf]. The maximum Gasteiger partial charge on any atom is 0 e. The molecular formula is C27H36Hf-2. The molecule has 0 unspecified atom stereocenters. The van der Waals surface area contributed by atoms with Crippen molar-refractivity contribution in [3.63, 3.8) is 0 Å². The van der Waals surface area contributed by atoms with Crippen molar-refractivity contribution >= 4 is 10.8 Å². The second-order valence-electron chi connectivity index (χ2n) is 9.46. The molecule has 0 bridgehead atoms. The Morgan fingerprint density at radius 2 is 1.46 bits per heavy atom. The number of fused-ring (bicyclic) bond motifs is 2. The predicted octanol–water partition coefficient (Wildman–Crippen LogP) is 7.58. The largest absolute Gasteiger partial charge is 0.196 e. The monoisotopic (exact) mass is 540 g/mol. The fraction of sp³-hybridized carbons (Fsp3) is 0.481. The fourth-order valence-electron chi connectivity index (χ4n) is 4.72. The molecule has 3 aromatic carbocycles. The average molecular weight is 539 g/mol. The normalized spacial score (nSPS) is 14.4. The molecule has 0 amide bonds. The number of hydrogen-bond donors (Lipinski definition) is 0. The molecule has 0 radical (unpaired) electrons. The van der Waals surface area contributed by atoms with Gasteiger partial charge in [0.15, 0.2) is 0 Å². The predicted molar refractivity (Wildman–Crippen MR) is 120 cm³/mol. The molecule has 3 aromatic rings. The summed E-state index contributed by atoms with van der Waals surface area (Å²) in [6.07, 6.45) is 4.94. The van der Waals surface area contributed by atoms with Crippen molar-refractivity contribution < 1.29 is 25.8 Å². The van der Waals surface area contributed by atoms with E-state index in [1.807, 2.05) is 0 Å². The third-order valence-electron chi connectivity index (χ3n) is 6.85. The first-order chi connectivity index (χ1) is 12.6. The molecule has 28 heavy (non-hydrogen) atoms. The Balaban J connectivity index is 0.000000221. The summed E-state index contributed by atoms with van der Waals surface area (Å²) in [6, 6.07) is 9.50. The van der Waals surface area contributed by atoms with Crippen molar-refractivity contribution in [1.82, 2.24) is 0 Å². The zero-order chi connectivity index (χ0) is 19.9. The standard InChI is InChI=1S/C17H21.C10H15.Hf/c1-4-5-12-6-7-13-8-14-10-17(2,3)11-15(14)9-16(12)13;1-6-7(2)9(4)10(5)8(6)3;/h6-9H,4-5,10-11H2,1-3H3;1-5H3;/q2*-1;. The van der Waals surface area contributed by atoms with Crippen LogP contribution in [-0.2, 0) is 45.1 Å². The summed E-state index contributed by atoms with van der Waals surface area (Å²) < 4.78 is 0. The Labute approximate surface area is 191 Å². The van der Waals surface area contributed by atoms with Gasteiger partial charge in [-0.1, -0.05) is 79.4 Å². The van der Waals surface area contributed by atoms with E-state index in [1.165, 1.54) is 69.8 Å². The first-order valence-corrected chi connectivity index (χ1v) is 10.5. The molecule has 1 aliphatic carbocycles. The van der Waals surface area contributed by atoms with E-state index in [2.05, 4.69) is 79.7 Å². The van der Waals surface area contributed by atoms with Gasteiger partial charge in [-0.25, -0.2) is 0 Å². The zero-order valence-electron chi connectivity index (χ0n) is 19.1. The van der Waals surface area contributed by atoms with Crippen molar-refractivity contribution in [2.24, 2.45) is 5.41 Å². The van der Waals surface area contributed by atoms with Crippen LogP contribution in [0.4, 0.5) is 0 Å². The van der Waals surface area contributed by atoms with Crippen LogP contribution in [0.2, 0.25) is 0 Å². The summed E-state index contributed by atoms with van der Waals surface area (Å²) in [6.45, 7) is 18.0. The molecule has 0 nitrogen and oxygen atoms in total. The van der Waals surface area contributed by atoms with Crippen LogP contribution in [0.3, 0.4) is 0 Å². The summed E-state index contributed by atoms with van der Waals surface area (Å²) >= 11 is 0. The van der Waals surface area contributed by atoms with Crippen LogP contribution in [0.15, 0.2) is 24.3 Å². The quantitative estimate of drug-likeness (QED) is 0.233. The minimum Gasteiger partial charge on any atom is -0.196 e. The molecule has 0 aromatic heterocycles. The molecule has 0 spiro atoms. The molecule has 0 heterocycles. The third kappa shape index (κ3) is 4.45. The molecule has 0 saturated heterocycles. The minimum atomic E-state index is 0. The van der Waals surface area contributed by atoms with E-state index in [0.717, 1.165) is 0 Å². The first kappa shape index (κ1) is 23.3. The topological polar surface area (TPSA) is 0 Å². The van der Waals surface area contributed by atoms with Gasteiger partial charge in [0.2, 0.25) is 0 Å². The maximum absolute atomic E-state index is 2.46. The molecule has 1 heteroatoms. The number of aryl methyl sites for hydroxylation is 1. The molecule has 0 aliphatic heterocycles. The molecule has 0 atom stereocenters. The Morgan fingerprint density at radius 3 is 1.93 bits per heavy atom. The van der Waals surface area contributed by atoms with E-state index < -0.39 is 0 Å². The Bertz CT molecular complexity index is 882. The molecular weight excluding hydrogens is 503 g/mol. The number of rotatable bonds is 2. The van der Waals surface area contributed by atoms with E-state index in [-0.39, 0.29) is 25.8 Å². The van der Waals surface area contributed by atoms with Gasteiger partial charge in [0.25, 0.3) is 0 Å².